The standard InChI is InChI=1S/C26H26Cl2N6O2/c1-14-15-10-11-19-23(34(2)26(32-19)33-22-16(27)6-3-7-17(22)28)21(15)25(36)31-18(14)8-4-13-30-24(35)20-9-5-12-29-20/h3-4,6-7,10-11,13,20,29H,5,8-9,12H2,1-2H3,(H,30,35)(H,31,36)(H,32,33)/t20-/m0/s1. The van der Waals surface area contributed by atoms with E-state index >= 15 is 0 Å². The van der Waals surface area contributed by atoms with Crippen molar-refractivity contribution in [3.05, 3.63) is 74.3 Å². The zero-order chi connectivity index (χ0) is 25.4. The number of halogens is 2. The van der Waals surface area contributed by atoms with Gasteiger partial charge in [-0.1, -0.05) is 41.4 Å². The van der Waals surface area contributed by atoms with E-state index in [2.05, 4.69) is 25.9 Å². The molecule has 5 rings (SSSR count). The van der Waals surface area contributed by atoms with Gasteiger partial charge >= 0.3 is 0 Å². The van der Waals surface area contributed by atoms with Crippen LogP contribution in [0, 0.1) is 6.92 Å². The molecule has 0 spiro atoms. The zero-order valence-corrected chi connectivity index (χ0v) is 21.4. The predicted octanol–water partition coefficient (Wildman–Crippen LogP) is 4.70. The highest BCUT2D eigenvalue weighted by Gasteiger charge is 2.21. The average molecular weight is 525 g/mol. The molecule has 1 aliphatic rings. The lowest BCUT2D eigenvalue weighted by Crippen LogP contribution is -2.38. The number of pyridine rings is 1. The zero-order valence-electron chi connectivity index (χ0n) is 19.9. The molecule has 3 heterocycles. The number of aryl methyl sites for hydroxylation is 2. The van der Waals surface area contributed by atoms with Gasteiger partial charge in [0.15, 0.2) is 0 Å². The molecule has 2 aromatic heterocycles. The maximum atomic E-state index is 13.2. The number of nitrogens with one attached hydrogen (secondary N) is 4. The summed E-state index contributed by atoms with van der Waals surface area (Å²) in [5.74, 6) is 0.484. The van der Waals surface area contributed by atoms with Crippen molar-refractivity contribution in [2.45, 2.75) is 32.2 Å². The average Bonchev–Trinajstić information content (AvgIpc) is 3.50. The first kappa shape index (κ1) is 24.4. The molecule has 0 aliphatic carbocycles. The van der Waals surface area contributed by atoms with Gasteiger partial charge < -0.3 is 25.5 Å². The second kappa shape index (κ2) is 9.97. The van der Waals surface area contributed by atoms with E-state index < -0.39 is 0 Å². The van der Waals surface area contributed by atoms with Crippen molar-refractivity contribution >= 4 is 62.6 Å². The molecule has 8 nitrogen and oxygen atoms in total. The lowest BCUT2D eigenvalue weighted by Gasteiger charge is -2.11. The molecule has 0 radical (unpaired) electrons. The number of hydrogen-bond acceptors (Lipinski definition) is 5. The van der Waals surface area contributed by atoms with Gasteiger partial charge in [0.05, 0.1) is 38.2 Å². The molecule has 1 amide bonds. The predicted molar refractivity (Wildman–Crippen MR) is 145 cm³/mol. The molecule has 2 aromatic carbocycles. The van der Waals surface area contributed by atoms with E-state index in [-0.39, 0.29) is 17.5 Å². The molecule has 10 heteroatoms. The van der Waals surface area contributed by atoms with Crippen molar-refractivity contribution in [1.82, 2.24) is 25.2 Å². The Morgan fingerprint density at radius 3 is 2.75 bits per heavy atom. The van der Waals surface area contributed by atoms with Crippen LogP contribution in [0.4, 0.5) is 11.6 Å². The minimum Gasteiger partial charge on any atom is -0.332 e. The monoisotopic (exact) mass is 524 g/mol. The van der Waals surface area contributed by atoms with E-state index in [1.807, 2.05) is 36.7 Å². The number of nitrogens with zero attached hydrogens (tertiary/aromatic N) is 2. The highest BCUT2D eigenvalue weighted by Crippen LogP contribution is 2.34. The largest absolute Gasteiger partial charge is 0.332 e. The fourth-order valence-corrected chi connectivity index (χ4v) is 5.17. The molecule has 36 heavy (non-hydrogen) atoms. The van der Waals surface area contributed by atoms with E-state index in [1.165, 1.54) is 0 Å². The Morgan fingerprint density at radius 1 is 1.25 bits per heavy atom. The van der Waals surface area contributed by atoms with E-state index in [4.69, 9.17) is 23.2 Å². The first-order valence-corrected chi connectivity index (χ1v) is 12.5. The summed E-state index contributed by atoms with van der Waals surface area (Å²) in [5.41, 5.74) is 3.49. The molecule has 1 fully saturated rings. The molecule has 0 saturated carbocycles. The van der Waals surface area contributed by atoms with Crippen molar-refractivity contribution in [1.29, 1.82) is 0 Å². The van der Waals surface area contributed by atoms with Crippen molar-refractivity contribution in [3.63, 3.8) is 0 Å². The Hall–Kier alpha value is -3.33. The number of aromatic amines is 1. The third kappa shape index (κ3) is 4.48. The van der Waals surface area contributed by atoms with Crippen molar-refractivity contribution in [2.75, 3.05) is 11.9 Å². The number of rotatable bonds is 6. The van der Waals surface area contributed by atoms with Crippen LogP contribution in [0.15, 0.2) is 47.4 Å². The molecule has 4 N–H and O–H groups in total. The summed E-state index contributed by atoms with van der Waals surface area (Å²) in [5, 5.41) is 11.5. The van der Waals surface area contributed by atoms with Crippen molar-refractivity contribution < 1.29 is 4.79 Å². The van der Waals surface area contributed by atoms with Gasteiger partial charge in [0.2, 0.25) is 11.9 Å². The van der Waals surface area contributed by atoms with Crippen LogP contribution in [0.2, 0.25) is 10.0 Å². The smallest absolute Gasteiger partial charge is 0.258 e. The Kier molecular flexibility index (Phi) is 6.75. The van der Waals surface area contributed by atoms with Crippen LogP contribution in [-0.4, -0.2) is 33.0 Å². The summed E-state index contributed by atoms with van der Waals surface area (Å²) >= 11 is 12.6. The second-order valence-electron chi connectivity index (χ2n) is 8.89. The summed E-state index contributed by atoms with van der Waals surface area (Å²) in [6.07, 6.45) is 5.83. The molecule has 0 unspecified atom stereocenters. The number of hydrogen-bond donors (Lipinski definition) is 4. The van der Waals surface area contributed by atoms with Crippen LogP contribution >= 0.6 is 23.2 Å². The van der Waals surface area contributed by atoms with Gasteiger partial charge in [-0.25, -0.2) is 4.98 Å². The number of fused-ring (bicyclic) bond motifs is 3. The van der Waals surface area contributed by atoms with Crippen molar-refractivity contribution in [2.24, 2.45) is 7.05 Å². The van der Waals surface area contributed by atoms with Gasteiger partial charge in [0.25, 0.3) is 5.56 Å². The lowest BCUT2D eigenvalue weighted by molar-refractivity contribution is -0.121. The summed E-state index contributed by atoms with van der Waals surface area (Å²) in [6.45, 7) is 2.85. The highest BCUT2D eigenvalue weighted by molar-refractivity contribution is 6.39. The minimum absolute atomic E-state index is 0.0337. The van der Waals surface area contributed by atoms with Crippen LogP contribution < -0.4 is 21.5 Å². The van der Waals surface area contributed by atoms with E-state index in [0.29, 0.717) is 44.5 Å². The van der Waals surface area contributed by atoms with Gasteiger partial charge in [0, 0.05) is 25.4 Å². The highest BCUT2D eigenvalue weighted by atomic mass is 35.5. The van der Waals surface area contributed by atoms with Crippen LogP contribution in [0.5, 0.6) is 0 Å². The molecule has 4 aromatic rings. The number of carbonyl (C=O) groups excluding carboxylic acids is 1. The molecule has 1 atom stereocenters. The van der Waals surface area contributed by atoms with Gasteiger partial charge in [-0.15, -0.1) is 0 Å². The van der Waals surface area contributed by atoms with Crippen LogP contribution in [-0.2, 0) is 18.3 Å². The maximum Gasteiger partial charge on any atom is 0.258 e. The van der Waals surface area contributed by atoms with Crippen molar-refractivity contribution in [3.8, 4) is 0 Å². The van der Waals surface area contributed by atoms with Gasteiger partial charge in [-0.05, 0) is 55.5 Å². The quantitative estimate of drug-likeness (QED) is 0.292. The number of H-pyrrole nitrogens is 1. The summed E-state index contributed by atoms with van der Waals surface area (Å²) in [6, 6.07) is 8.95. The van der Waals surface area contributed by atoms with Gasteiger partial charge in [-0.2, -0.15) is 0 Å². The van der Waals surface area contributed by atoms with Gasteiger partial charge in [0.1, 0.15) is 0 Å². The van der Waals surface area contributed by atoms with E-state index in [0.717, 1.165) is 36.0 Å². The second-order valence-corrected chi connectivity index (χ2v) is 9.71. The van der Waals surface area contributed by atoms with Crippen LogP contribution in [0.25, 0.3) is 21.8 Å². The Labute approximate surface area is 217 Å². The minimum atomic E-state index is -0.200. The lowest BCUT2D eigenvalue weighted by atomic mass is 10.0. The van der Waals surface area contributed by atoms with Crippen LogP contribution in [0.1, 0.15) is 24.1 Å². The normalized spacial score (nSPS) is 15.8. The molecule has 1 aliphatic heterocycles. The summed E-state index contributed by atoms with van der Waals surface area (Å²) < 4.78 is 1.83. The number of imidazole rings is 1. The van der Waals surface area contributed by atoms with E-state index in [9.17, 15) is 9.59 Å². The number of carbonyl (C=O) groups is 1. The molecule has 186 valence electrons. The number of anilines is 2. The first-order valence-electron chi connectivity index (χ1n) is 11.8. The Bertz CT molecular complexity index is 1550. The molecular weight excluding hydrogens is 499 g/mol. The first-order chi connectivity index (χ1) is 17.3. The molecule has 1 saturated heterocycles. The van der Waals surface area contributed by atoms with Gasteiger partial charge in [-0.3, -0.25) is 9.59 Å². The Balaban J connectivity index is 1.46. The molecule has 0 bridgehead atoms. The topological polar surface area (TPSA) is 104 Å². The van der Waals surface area contributed by atoms with E-state index in [1.54, 1.807) is 24.4 Å². The fourth-order valence-electron chi connectivity index (χ4n) is 4.67. The summed E-state index contributed by atoms with van der Waals surface area (Å²) in [7, 11) is 1.84. The SMILES string of the molecule is Cc1c(CC=CNC(=O)[C@@H]2CCCN2)[nH]c(=O)c2c1ccc1nc(Nc3c(Cl)cccc3Cl)n(C)c12. The number of para-hydroxylation sites is 1. The fraction of sp³-hybridized carbons (Fsp3) is 0.269. The molecular formula is C26H26Cl2N6O2. The number of allylic oxidation sites excluding steroid dienone is 1. The summed E-state index contributed by atoms with van der Waals surface area (Å²) in [4.78, 5) is 33.1. The third-order valence-electron chi connectivity index (χ3n) is 6.63. The Morgan fingerprint density at radius 2 is 2.03 bits per heavy atom. The third-order valence-corrected chi connectivity index (χ3v) is 7.26. The number of aromatic nitrogens is 3. The van der Waals surface area contributed by atoms with Crippen LogP contribution in [0.3, 0.4) is 0 Å². The maximum absolute atomic E-state index is 13.2. The number of amides is 1. The number of benzene rings is 2.